The molecule has 4 nitrogen and oxygen atoms in total. The number of hydrogen-bond donors (Lipinski definition) is 1. The van der Waals surface area contributed by atoms with Gasteiger partial charge >= 0.3 is 0 Å². The van der Waals surface area contributed by atoms with Crippen molar-refractivity contribution in [3.63, 3.8) is 0 Å². The molecular weight excluding hydrogens is 367 g/mol. The first-order chi connectivity index (χ1) is 9.47. The number of nitro groups is 1. The van der Waals surface area contributed by atoms with Crippen LogP contribution in [0.25, 0.3) is 0 Å². The molecule has 0 aliphatic heterocycles. The van der Waals surface area contributed by atoms with E-state index in [2.05, 4.69) is 21.2 Å². The van der Waals surface area contributed by atoms with Gasteiger partial charge in [0.05, 0.1) is 15.6 Å². The SMILES string of the molecule is O=[N+]([O-])c1ccc(NCc2ccc(Br)cc2Cl)c(Cl)c1. The van der Waals surface area contributed by atoms with Gasteiger partial charge in [0.1, 0.15) is 0 Å². The first-order valence-electron chi connectivity index (χ1n) is 5.59. The third-order valence-electron chi connectivity index (χ3n) is 2.65. The van der Waals surface area contributed by atoms with Gasteiger partial charge in [-0.3, -0.25) is 10.1 Å². The summed E-state index contributed by atoms with van der Waals surface area (Å²) >= 11 is 15.4. The Morgan fingerprint density at radius 1 is 1.15 bits per heavy atom. The summed E-state index contributed by atoms with van der Waals surface area (Å²) in [6.45, 7) is 0.476. The van der Waals surface area contributed by atoms with Crippen LogP contribution in [0.2, 0.25) is 10.0 Å². The number of non-ortho nitro benzene ring substituents is 1. The molecule has 0 spiro atoms. The van der Waals surface area contributed by atoms with Gasteiger partial charge in [0.15, 0.2) is 0 Å². The summed E-state index contributed by atoms with van der Waals surface area (Å²) in [4.78, 5) is 10.1. The van der Waals surface area contributed by atoms with Crippen LogP contribution in [0.1, 0.15) is 5.56 Å². The van der Waals surface area contributed by atoms with Gasteiger partial charge in [-0.25, -0.2) is 0 Å². The van der Waals surface area contributed by atoms with Crippen LogP contribution in [0.3, 0.4) is 0 Å². The predicted octanol–water partition coefficient (Wildman–Crippen LogP) is 5.28. The Kier molecular flexibility index (Phi) is 4.86. The van der Waals surface area contributed by atoms with E-state index in [0.29, 0.717) is 22.3 Å². The van der Waals surface area contributed by atoms with Gasteiger partial charge in [-0.15, -0.1) is 0 Å². The van der Waals surface area contributed by atoms with Crippen molar-refractivity contribution in [1.82, 2.24) is 0 Å². The normalized spacial score (nSPS) is 10.3. The lowest BCUT2D eigenvalue weighted by atomic mass is 10.2. The molecule has 0 saturated carbocycles. The maximum atomic E-state index is 10.6. The molecule has 0 bridgehead atoms. The second-order valence-corrected chi connectivity index (χ2v) is 5.74. The second kappa shape index (κ2) is 6.43. The summed E-state index contributed by atoms with van der Waals surface area (Å²) in [5.74, 6) is 0. The standard InChI is InChI=1S/C13H9BrCl2N2O2/c14-9-2-1-8(11(15)5-9)7-17-13-4-3-10(18(19)20)6-12(13)16/h1-6,17H,7H2. The molecule has 2 aromatic rings. The molecule has 20 heavy (non-hydrogen) atoms. The molecule has 104 valence electrons. The summed E-state index contributed by atoms with van der Waals surface area (Å²) < 4.78 is 0.902. The van der Waals surface area contributed by atoms with Crippen LogP contribution in [-0.2, 0) is 6.54 Å². The highest BCUT2D eigenvalue weighted by molar-refractivity contribution is 9.10. The Balaban J connectivity index is 2.13. The molecule has 0 unspecified atom stereocenters. The first kappa shape index (κ1) is 15.1. The zero-order chi connectivity index (χ0) is 14.7. The van der Waals surface area contributed by atoms with E-state index < -0.39 is 4.92 Å². The summed E-state index contributed by atoms with van der Waals surface area (Å²) in [6, 6.07) is 9.87. The Hall–Kier alpha value is -1.30. The van der Waals surface area contributed by atoms with Gasteiger partial charge in [-0.05, 0) is 23.8 Å². The summed E-state index contributed by atoms with van der Waals surface area (Å²) in [5.41, 5.74) is 1.49. The molecule has 0 saturated heterocycles. The van der Waals surface area contributed by atoms with Crippen molar-refractivity contribution >= 4 is 50.5 Å². The molecule has 7 heteroatoms. The lowest BCUT2D eigenvalue weighted by Crippen LogP contribution is -2.01. The lowest BCUT2D eigenvalue weighted by molar-refractivity contribution is -0.384. The van der Waals surface area contributed by atoms with E-state index >= 15 is 0 Å². The van der Waals surface area contributed by atoms with E-state index in [9.17, 15) is 10.1 Å². The molecule has 0 amide bonds. The average Bonchev–Trinajstić information content (AvgIpc) is 2.38. The van der Waals surface area contributed by atoms with Crippen LogP contribution in [0.15, 0.2) is 40.9 Å². The van der Waals surface area contributed by atoms with Crippen molar-refractivity contribution in [1.29, 1.82) is 0 Å². The Labute approximate surface area is 134 Å². The number of nitro benzene ring substituents is 1. The van der Waals surface area contributed by atoms with Gasteiger partial charge in [-0.2, -0.15) is 0 Å². The number of rotatable bonds is 4. The van der Waals surface area contributed by atoms with Gasteiger partial charge < -0.3 is 5.32 Å². The third-order valence-corrected chi connectivity index (χ3v) is 3.81. The van der Waals surface area contributed by atoms with Crippen molar-refractivity contribution < 1.29 is 4.92 Å². The minimum absolute atomic E-state index is 0.0396. The maximum absolute atomic E-state index is 10.6. The largest absolute Gasteiger partial charge is 0.380 e. The molecule has 2 rings (SSSR count). The van der Waals surface area contributed by atoms with Crippen LogP contribution in [0.5, 0.6) is 0 Å². The second-order valence-electron chi connectivity index (χ2n) is 4.01. The monoisotopic (exact) mass is 374 g/mol. The van der Waals surface area contributed by atoms with Gasteiger partial charge in [0.2, 0.25) is 0 Å². The number of nitrogens with one attached hydrogen (secondary N) is 1. The molecule has 0 atom stereocenters. The topological polar surface area (TPSA) is 55.2 Å². The number of nitrogens with zero attached hydrogens (tertiary/aromatic N) is 1. The number of halogens is 3. The predicted molar refractivity (Wildman–Crippen MR) is 84.6 cm³/mol. The third kappa shape index (κ3) is 3.62. The van der Waals surface area contributed by atoms with E-state index in [1.165, 1.54) is 12.1 Å². The summed E-state index contributed by atoms with van der Waals surface area (Å²) in [7, 11) is 0. The molecule has 0 fully saturated rings. The fourth-order valence-corrected chi connectivity index (χ4v) is 2.60. The van der Waals surface area contributed by atoms with E-state index in [0.717, 1.165) is 10.0 Å². The van der Waals surface area contributed by atoms with Crippen molar-refractivity contribution in [2.45, 2.75) is 6.54 Å². The quantitative estimate of drug-likeness (QED) is 0.584. The van der Waals surface area contributed by atoms with Crippen LogP contribution in [-0.4, -0.2) is 4.92 Å². The minimum Gasteiger partial charge on any atom is -0.380 e. The van der Waals surface area contributed by atoms with Gasteiger partial charge in [0, 0.05) is 28.2 Å². The van der Waals surface area contributed by atoms with E-state index in [1.807, 2.05) is 12.1 Å². The molecule has 0 aliphatic rings. The van der Waals surface area contributed by atoms with Crippen LogP contribution >= 0.6 is 39.1 Å². The molecule has 2 aromatic carbocycles. The molecule has 0 aliphatic carbocycles. The number of anilines is 1. The van der Waals surface area contributed by atoms with Crippen molar-refractivity contribution in [3.05, 3.63) is 66.6 Å². The molecule has 0 radical (unpaired) electrons. The van der Waals surface area contributed by atoms with E-state index in [4.69, 9.17) is 23.2 Å². The zero-order valence-corrected chi connectivity index (χ0v) is 13.2. The van der Waals surface area contributed by atoms with Crippen molar-refractivity contribution in [3.8, 4) is 0 Å². The van der Waals surface area contributed by atoms with Gasteiger partial charge in [0.25, 0.3) is 5.69 Å². The molecule has 1 N–H and O–H groups in total. The Morgan fingerprint density at radius 2 is 1.90 bits per heavy atom. The highest BCUT2D eigenvalue weighted by atomic mass is 79.9. The van der Waals surface area contributed by atoms with E-state index in [-0.39, 0.29) is 5.69 Å². The lowest BCUT2D eigenvalue weighted by Gasteiger charge is -2.10. The fraction of sp³-hybridized carbons (Fsp3) is 0.0769. The minimum atomic E-state index is -0.485. The number of benzene rings is 2. The smallest absolute Gasteiger partial charge is 0.271 e. The highest BCUT2D eigenvalue weighted by Gasteiger charge is 2.09. The molecule has 0 aromatic heterocycles. The van der Waals surface area contributed by atoms with E-state index in [1.54, 1.807) is 12.1 Å². The average molecular weight is 376 g/mol. The van der Waals surface area contributed by atoms with Crippen LogP contribution in [0.4, 0.5) is 11.4 Å². The Morgan fingerprint density at radius 3 is 2.50 bits per heavy atom. The zero-order valence-electron chi connectivity index (χ0n) is 10.1. The maximum Gasteiger partial charge on any atom is 0.271 e. The fourth-order valence-electron chi connectivity index (χ4n) is 1.62. The number of hydrogen-bond acceptors (Lipinski definition) is 3. The first-order valence-corrected chi connectivity index (χ1v) is 7.14. The molecule has 0 heterocycles. The summed E-state index contributed by atoms with van der Waals surface area (Å²) in [5, 5.41) is 14.7. The van der Waals surface area contributed by atoms with Crippen molar-refractivity contribution in [2.24, 2.45) is 0 Å². The van der Waals surface area contributed by atoms with Crippen LogP contribution < -0.4 is 5.32 Å². The van der Waals surface area contributed by atoms with Gasteiger partial charge in [-0.1, -0.05) is 45.2 Å². The van der Waals surface area contributed by atoms with Crippen molar-refractivity contribution in [2.75, 3.05) is 5.32 Å². The summed E-state index contributed by atoms with van der Waals surface area (Å²) in [6.07, 6.45) is 0. The molecular formula is C13H9BrCl2N2O2. The highest BCUT2D eigenvalue weighted by Crippen LogP contribution is 2.28. The Bertz CT molecular complexity index is 665. The van der Waals surface area contributed by atoms with Crippen LogP contribution in [0, 0.1) is 10.1 Å².